The zero-order chi connectivity index (χ0) is 24.1. The summed E-state index contributed by atoms with van der Waals surface area (Å²) < 4.78 is 1.01. The highest BCUT2D eigenvalue weighted by Crippen LogP contribution is 2.32. The van der Waals surface area contributed by atoms with Crippen molar-refractivity contribution in [3.8, 4) is 22.9 Å². The smallest absolute Gasteiger partial charge is 0.162 e. The summed E-state index contributed by atoms with van der Waals surface area (Å²) in [5.41, 5.74) is 14.0. The van der Waals surface area contributed by atoms with Crippen LogP contribution in [0.25, 0.3) is 21.6 Å². The van der Waals surface area contributed by atoms with Crippen molar-refractivity contribution in [1.29, 1.82) is 0 Å². The summed E-state index contributed by atoms with van der Waals surface area (Å²) in [4.78, 5) is 13.9. The van der Waals surface area contributed by atoms with Gasteiger partial charge in [-0.25, -0.2) is 9.97 Å². The Kier molecular flexibility index (Phi) is 7.42. The number of fused-ring (bicyclic) bond motifs is 1. The maximum Gasteiger partial charge on any atom is 0.162 e. The standard InChI is InChI=1S/C27H31N5SSi/c1-27(2,3)34(4)15-12-21-18-33-24-23(21)31-25(20-10-13-29-14-11-20)32-26(24)30-17-22(28)16-19-8-6-5-7-9-19/h5-11,13-14,18,22,34H,16-17,28H2,1-4H3,(H,30,31,32)/t22-,34?/m0/s1. The largest absolute Gasteiger partial charge is 0.367 e. The molecule has 3 N–H and O–H groups in total. The number of benzene rings is 1. The molecule has 7 heteroatoms. The number of hydrogen-bond donors (Lipinski definition) is 2. The van der Waals surface area contributed by atoms with E-state index in [1.807, 2.05) is 30.3 Å². The van der Waals surface area contributed by atoms with Crippen LogP contribution < -0.4 is 11.1 Å². The number of nitrogens with two attached hydrogens (primary N) is 1. The third-order valence-electron chi connectivity index (χ3n) is 5.95. The van der Waals surface area contributed by atoms with Crippen molar-refractivity contribution in [2.24, 2.45) is 5.73 Å². The minimum absolute atomic E-state index is 0.0327. The first-order valence-corrected chi connectivity index (χ1v) is 14.7. The van der Waals surface area contributed by atoms with Crippen LogP contribution in [-0.2, 0) is 6.42 Å². The summed E-state index contributed by atoms with van der Waals surface area (Å²) >= 11 is 1.63. The molecule has 1 unspecified atom stereocenters. The fraction of sp³-hybridized carbons (Fsp3) is 0.296. The van der Waals surface area contributed by atoms with E-state index in [0.29, 0.717) is 12.4 Å². The van der Waals surface area contributed by atoms with Crippen LogP contribution in [0.5, 0.6) is 0 Å². The lowest BCUT2D eigenvalue weighted by Gasteiger charge is -2.20. The number of nitrogens with one attached hydrogen (secondary N) is 1. The molecule has 3 aromatic heterocycles. The first kappa shape index (κ1) is 24.1. The molecule has 0 bridgehead atoms. The number of nitrogens with zero attached hydrogens (tertiary/aromatic N) is 3. The average Bonchev–Trinajstić information content (AvgIpc) is 3.24. The summed E-state index contributed by atoms with van der Waals surface area (Å²) in [7, 11) is -1.20. The molecular formula is C27H31N5SSi. The maximum absolute atomic E-state index is 6.45. The van der Waals surface area contributed by atoms with Gasteiger partial charge in [0.1, 0.15) is 20.1 Å². The Morgan fingerprint density at radius 1 is 1.09 bits per heavy atom. The maximum atomic E-state index is 6.45. The molecule has 0 aliphatic rings. The molecule has 0 fully saturated rings. The van der Waals surface area contributed by atoms with Gasteiger partial charge in [-0.1, -0.05) is 63.6 Å². The van der Waals surface area contributed by atoms with Gasteiger partial charge < -0.3 is 11.1 Å². The molecule has 0 aliphatic heterocycles. The Hall–Kier alpha value is -3.05. The van der Waals surface area contributed by atoms with Crippen LogP contribution in [0.2, 0.25) is 11.6 Å². The fourth-order valence-electron chi connectivity index (χ4n) is 3.38. The number of hydrogen-bond acceptors (Lipinski definition) is 6. The van der Waals surface area contributed by atoms with Gasteiger partial charge in [0.05, 0.1) is 10.3 Å². The van der Waals surface area contributed by atoms with E-state index in [9.17, 15) is 0 Å². The van der Waals surface area contributed by atoms with Gasteiger partial charge in [0.15, 0.2) is 5.82 Å². The van der Waals surface area contributed by atoms with Crippen LogP contribution in [0.1, 0.15) is 31.9 Å². The van der Waals surface area contributed by atoms with Crippen molar-refractivity contribution in [2.75, 3.05) is 11.9 Å². The topological polar surface area (TPSA) is 76.7 Å². The van der Waals surface area contributed by atoms with Crippen molar-refractivity contribution >= 4 is 36.2 Å². The van der Waals surface area contributed by atoms with Gasteiger partial charge in [-0.3, -0.25) is 4.98 Å². The fourth-order valence-corrected chi connectivity index (χ4v) is 5.08. The van der Waals surface area contributed by atoms with Gasteiger partial charge in [0, 0.05) is 35.9 Å². The summed E-state index contributed by atoms with van der Waals surface area (Å²) in [5, 5.41) is 5.86. The molecule has 0 amide bonds. The molecule has 2 atom stereocenters. The van der Waals surface area contributed by atoms with Gasteiger partial charge in [0.2, 0.25) is 0 Å². The van der Waals surface area contributed by atoms with Gasteiger partial charge in [0.25, 0.3) is 0 Å². The second-order valence-corrected chi connectivity index (χ2v) is 14.0. The number of thiophene rings is 1. The summed E-state index contributed by atoms with van der Waals surface area (Å²) in [5.74, 6) is 4.91. The quantitative estimate of drug-likeness (QED) is 0.287. The lowest BCUT2D eigenvalue weighted by Crippen LogP contribution is -2.31. The highest BCUT2D eigenvalue weighted by Gasteiger charge is 2.20. The van der Waals surface area contributed by atoms with Crippen molar-refractivity contribution in [3.63, 3.8) is 0 Å². The predicted octanol–water partition coefficient (Wildman–Crippen LogP) is 5.28. The zero-order valence-corrected chi connectivity index (χ0v) is 22.1. The van der Waals surface area contributed by atoms with Gasteiger partial charge in [-0.2, -0.15) is 0 Å². The molecule has 0 radical (unpaired) electrons. The SMILES string of the molecule is C[SiH](C#Cc1csc2c(NC[C@@H](N)Cc3ccccc3)nc(-c3ccncc3)nc12)C(C)(C)C. The zero-order valence-electron chi connectivity index (χ0n) is 20.2. The Morgan fingerprint density at radius 2 is 1.82 bits per heavy atom. The monoisotopic (exact) mass is 485 g/mol. The van der Waals surface area contributed by atoms with Gasteiger partial charge in [-0.15, -0.1) is 16.9 Å². The average molecular weight is 486 g/mol. The molecule has 3 heterocycles. The highest BCUT2D eigenvalue weighted by molar-refractivity contribution is 7.18. The first-order valence-electron chi connectivity index (χ1n) is 11.6. The van der Waals surface area contributed by atoms with E-state index < -0.39 is 8.80 Å². The minimum atomic E-state index is -1.20. The van der Waals surface area contributed by atoms with Gasteiger partial charge in [-0.05, 0) is 29.2 Å². The molecule has 34 heavy (non-hydrogen) atoms. The Labute approximate surface area is 207 Å². The molecule has 1 aromatic carbocycles. The van der Waals surface area contributed by atoms with Crippen molar-refractivity contribution in [1.82, 2.24) is 15.0 Å². The van der Waals surface area contributed by atoms with E-state index in [0.717, 1.165) is 33.6 Å². The molecule has 4 aromatic rings. The number of rotatable bonds is 6. The highest BCUT2D eigenvalue weighted by atomic mass is 32.1. The van der Waals surface area contributed by atoms with Crippen molar-refractivity contribution in [3.05, 3.63) is 71.4 Å². The van der Waals surface area contributed by atoms with Crippen LogP contribution in [0.3, 0.4) is 0 Å². The van der Waals surface area contributed by atoms with Gasteiger partial charge >= 0.3 is 0 Å². The van der Waals surface area contributed by atoms with Crippen molar-refractivity contribution < 1.29 is 0 Å². The lowest BCUT2D eigenvalue weighted by molar-refractivity contribution is 0.698. The molecular weight excluding hydrogens is 454 g/mol. The molecule has 5 nitrogen and oxygen atoms in total. The first-order chi connectivity index (χ1) is 16.3. The third kappa shape index (κ3) is 5.89. The molecule has 0 aliphatic carbocycles. The van der Waals surface area contributed by atoms with E-state index in [1.54, 1.807) is 23.7 Å². The Morgan fingerprint density at radius 3 is 2.53 bits per heavy atom. The summed E-state index contributed by atoms with van der Waals surface area (Å²) in [6.45, 7) is 9.74. The van der Waals surface area contributed by atoms with E-state index in [1.165, 1.54) is 5.56 Å². The minimum Gasteiger partial charge on any atom is -0.367 e. The Balaban J connectivity index is 1.66. The molecule has 0 spiro atoms. The normalized spacial score (nSPS) is 13.2. The number of pyridine rings is 1. The van der Waals surface area contributed by atoms with E-state index in [-0.39, 0.29) is 11.1 Å². The van der Waals surface area contributed by atoms with Crippen molar-refractivity contribution in [2.45, 2.75) is 44.8 Å². The second-order valence-electron chi connectivity index (χ2n) is 9.65. The van der Waals surface area contributed by atoms with Crippen LogP contribution in [0.4, 0.5) is 5.82 Å². The molecule has 0 saturated heterocycles. The van der Waals surface area contributed by atoms with Crippen LogP contribution in [0.15, 0.2) is 60.2 Å². The molecule has 0 saturated carbocycles. The second kappa shape index (κ2) is 10.5. The van der Waals surface area contributed by atoms with E-state index in [4.69, 9.17) is 15.7 Å². The van der Waals surface area contributed by atoms with Crippen LogP contribution >= 0.6 is 11.3 Å². The van der Waals surface area contributed by atoms with Crippen LogP contribution in [-0.4, -0.2) is 36.3 Å². The summed E-state index contributed by atoms with van der Waals surface area (Å²) in [6, 6.07) is 14.1. The Bertz CT molecular complexity index is 1300. The number of anilines is 1. The molecule has 4 rings (SSSR count). The number of aromatic nitrogens is 3. The van der Waals surface area contributed by atoms with Crippen LogP contribution in [0, 0.1) is 11.5 Å². The summed E-state index contributed by atoms with van der Waals surface area (Å²) in [6.07, 6.45) is 4.32. The third-order valence-corrected chi connectivity index (χ3v) is 10.1. The predicted molar refractivity (Wildman–Crippen MR) is 147 cm³/mol. The van der Waals surface area contributed by atoms with E-state index >= 15 is 0 Å². The lowest BCUT2D eigenvalue weighted by atomic mass is 10.1. The van der Waals surface area contributed by atoms with E-state index in [2.05, 4.69) is 66.6 Å². The molecule has 174 valence electrons.